The van der Waals surface area contributed by atoms with Gasteiger partial charge in [-0.3, -0.25) is 0 Å². The van der Waals surface area contributed by atoms with Gasteiger partial charge in [0.05, 0.1) is 12.2 Å². The fourth-order valence-electron chi connectivity index (χ4n) is 2.10. The summed E-state index contributed by atoms with van der Waals surface area (Å²) in [4.78, 5) is 17.8. The Morgan fingerprint density at radius 3 is 2.58 bits per heavy atom. The summed E-state index contributed by atoms with van der Waals surface area (Å²) >= 11 is 0. The molecule has 1 aliphatic heterocycles. The summed E-state index contributed by atoms with van der Waals surface area (Å²) in [7, 11) is 0. The van der Waals surface area contributed by atoms with Gasteiger partial charge >= 0.3 is 6.09 Å². The van der Waals surface area contributed by atoms with Gasteiger partial charge in [-0.25, -0.2) is 18.6 Å². The van der Waals surface area contributed by atoms with Gasteiger partial charge in [0.15, 0.2) is 6.61 Å². The maximum absolute atomic E-state index is 12.2. The number of amides is 1. The molecule has 0 saturated carbocycles. The minimum absolute atomic E-state index is 0.144. The van der Waals surface area contributed by atoms with Gasteiger partial charge in [-0.2, -0.15) is 0 Å². The van der Waals surface area contributed by atoms with E-state index in [2.05, 4.69) is 4.98 Å². The molecule has 2 rings (SSSR count). The SMILES string of the molecule is CC.CC(C)(C)OC(=O)N1CCc2ccc(OCC(F)F)nc2C1. The van der Waals surface area contributed by atoms with Crippen LogP contribution >= 0.6 is 0 Å². The van der Waals surface area contributed by atoms with E-state index in [1.165, 1.54) is 0 Å². The Hall–Kier alpha value is -1.92. The first-order valence-corrected chi connectivity index (χ1v) is 8.12. The number of nitrogens with zero attached hydrogens (tertiary/aromatic N) is 2. The fraction of sp³-hybridized carbons (Fsp3) is 0.647. The molecule has 0 N–H and O–H groups in total. The van der Waals surface area contributed by atoms with E-state index < -0.39 is 24.7 Å². The maximum atomic E-state index is 12.2. The van der Waals surface area contributed by atoms with E-state index >= 15 is 0 Å². The lowest BCUT2D eigenvalue weighted by molar-refractivity contribution is 0.0220. The van der Waals surface area contributed by atoms with Crippen molar-refractivity contribution < 1.29 is 23.0 Å². The van der Waals surface area contributed by atoms with Gasteiger partial charge in [-0.15, -0.1) is 0 Å². The Morgan fingerprint density at radius 2 is 2.00 bits per heavy atom. The smallest absolute Gasteiger partial charge is 0.410 e. The Labute approximate surface area is 142 Å². The van der Waals surface area contributed by atoms with Crippen molar-refractivity contribution in [1.29, 1.82) is 0 Å². The average molecular weight is 344 g/mol. The number of hydrogen-bond donors (Lipinski definition) is 0. The Bertz CT molecular complexity index is 545. The number of pyridine rings is 1. The monoisotopic (exact) mass is 344 g/mol. The van der Waals surface area contributed by atoms with Crippen LogP contribution in [0.5, 0.6) is 5.88 Å². The summed E-state index contributed by atoms with van der Waals surface area (Å²) in [6.45, 7) is 9.55. The highest BCUT2D eigenvalue weighted by Crippen LogP contribution is 2.22. The van der Waals surface area contributed by atoms with Crippen molar-refractivity contribution >= 4 is 6.09 Å². The van der Waals surface area contributed by atoms with Crippen molar-refractivity contribution in [1.82, 2.24) is 9.88 Å². The van der Waals surface area contributed by atoms with Gasteiger partial charge in [-0.1, -0.05) is 19.9 Å². The van der Waals surface area contributed by atoms with E-state index in [0.29, 0.717) is 18.7 Å². The Kier molecular flexibility index (Phi) is 7.38. The molecule has 1 aromatic rings. The van der Waals surface area contributed by atoms with Gasteiger partial charge in [0.25, 0.3) is 6.43 Å². The van der Waals surface area contributed by atoms with Crippen LogP contribution in [0.15, 0.2) is 12.1 Å². The topological polar surface area (TPSA) is 51.7 Å². The number of halogens is 2. The van der Waals surface area contributed by atoms with E-state index in [1.807, 2.05) is 13.8 Å². The minimum atomic E-state index is -2.55. The number of carbonyl (C=O) groups excluding carboxylic acids is 1. The largest absolute Gasteiger partial charge is 0.472 e. The first-order chi connectivity index (χ1) is 11.2. The molecule has 7 heteroatoms. The molecule has 0 bridgehead atoms. The van der Waals surface area contributed by atoms with Crippen molar-refractivity contribution in [2.75, 3.05) is 13.2 Å². The van der Waals surface area contributed by atoms with E-state index in [9.17, 15) is 13.6 Å². The zero-order valence-corrected chi connectivity index (χ0v) is 14.9. The zero-order valence-electron chi connectivity index (χ0n) is 14.9. The van der Waals surface area contributed by atoms with Gasteiger partial charge in [0, 0.05) is 12.6 Å². The lowest BCUT2D eigenvalue weighted by Gasteiger charge is -2.30. The second kappa shape index (κ2) is 8.80. The van der Waals surface area contributed by atoms with Crippen molar-refractivity contribution in [2.45, 2.75) is 59.6 Å². The molecule has 0 fully saturated rings. The molecule has 24 heavy (non-hydrogen) atoms. The summed E-state index contributed by atoms with van der Waals surface area (Å²) < 4.78 is 34.6. The minimum Gasteiger partial charge on any atom is -0.472 e. The third-order valence-corrected chi connectivity index (χ3v) is 3.04. The van der Waals surface area contributed by atoms with Crippen LogP contribution in [-0.4, -0.2) is 41.2 Å². The standard InChI is InChI=1S/C15H20F2N2O3.C2H6/c1-15(2,3)22-14(20)19-7-6-10-4-5-13(18-11(10)8-19)21-9-12(16)17;1-2/h4-5,12H,6-9H2,1-3H3;1-2H3. The first-order valence-electron chi connectivity index (χ1n) is 8.12. The van der Waals surface area contributed by atoms with Crippen molar-refractivity contribution in [3.8, 4) is 5.88 Å². The van der Waals surface area contributed by atoms with Crippen molar-refractivity contribution in [3.05, 3.63) is 23.4 Å². The van der Waals surface area contributed by atoms with Crippen molar-refractivity contribution in [2.24, 2.45) is 0 Å². The van der Waals surface area contributed by atoms with Crippen LogP contribution in [0.2, 0.25) is 0 Å². The third-order valence-electron chi connectivity index (χ3n) is 3.04. The van der Waals surface area contributed by atoms with Gasteiger partial charge in [0.1, 0.15) is 5.60 Å². The zero-order chi connectivity index (χ0) is 18.3. The molecule has 136 valence electrons. The molecule has 0 unspecified atom stereocenters. The molecule has 0 aliphatic carbocycles. The van der Waals surface area contributed by atoms with Gasteiger partial charge in [0.2, 0.25) is 5.88 Å². The highest BCUT2D eigenvalue weighted by Gasteiger charge is 2.26. The molecule has 1 aromatic heterocycles. The molecular weight excluding hydrogens is 318 g/mol. The summed E-state index contributed by atoms with van der Waals surface area (Å²) in [6.07, 6.45) is -2.30. The van der Waals surface area contributed by atoms with Gasteiger partial charge in [-0.05, 0) is 32.8 Å². The summed E-state index contributed by atoms with van der Waals surface area (Å²) in [5.41, 5.74) is 1.08. The Balaban J connectivity index is 0.00000139. The predicted octanol–water partition coefficient (Wildman–Crippen LogP) is 4.04. The molecule has 0 aromatic carbocycles. The molecule has 0 saturated heterocycles. The lowest BCUT2D eigenvalue weighted by Crippen LogP contribution is -2.40. The molecular formula is C17H26F2N2O3. The van der Waals surface area contributed by atoms with Crippen LogP contribution in [0.1, 0.15) is 45.9 Å². The number of carbonyl (C=O) groups is 1. The third kappa shape index (κ3) is 6.29. The summed E-state index contributed by atoms with van der Waals surface area (Å²) in [5, 5.41) is 0. The van der Waals surface area contributed by atoms with Crippen molar-refractivity contribution in [3.63, 3.8) is 0 Å². The highest BCUT2D eigenvalue weighted by atomic mass is 19.3. The first kappa shape index (κ1) is 20.1. The van der Waals surface area contributed by atoms with E-state index in [1.54, 1.807) is 37.8 Å². The van der Waals surface area contributed by atoms with Crippen LogP contribution in [-0.2, 0) is 17.7 Å². The lowest BCUT2D eigenvalue weighted by atomic mass is 10.1. The quantitative estimate of drug-likeness (QED) is 0.830. The second-order valence-electron chi connectivity index (χ2n) is 6.11. The Morgan fingerprint density at radius 1 is 1.33 bits per heavy atom. The van der Waals surface area contributed by atoms with E-state index in [-0.39, 0.29) is 12.4 Å². The summed E-state index contributed by atoms with van der Waals surface area (Å²) in [5.74, 6) is 0.144. The predicted molar refractivity (Wildman–Crippen MR) is 87.4 cm³/mol. The fourth-order valence-corrected chi connectivity index (χ4v) is 2.10. The number of hydrogen-bond acceptors (Lipinski definition) is 4. The number of fused-ring (bicyclic) bond motifs is 1. The molecule has 0 spiro atoms. The average Bonchev–Trinajstić information content (AvgIpc) is 2.52. The summed E-state index contributed by atoms with van der Waals surface area (Å²) in [6, 6.07) is 3.37. The van der Waals surface area contributed by atoms with Crippen LogP contribution in [0, 0.1) is 0 Å². The van der Waals surface area contributed by atoms with Crippen LogP contribution in [0.25, 0.3) is 0 Å². The van der Waals surface area contributed by atoms with Crippen LogP contribution < -0.4 is 4.74 Å². The number of alkyl halides is 2. The number of rotatable bonds is 3. The molecule has 0 radical (unpaired) electrons. The second-order valence-corrected chi connectivity index (χ2v) is 6.11. The van der Waals surface area contributed by atoms with Crippen LogP contribution in [0.4, 0.5) is 13.6 Å². The normalized spacial score (nSPS) is 13.8. The van der Waals surface area contributed by atoms with Crippen LogP contribution in [0.3, 0.4) is 0 Å². The molecule has 0 atom stereocenters. The molecule has 5 nitrogen and oxygen atoms in total. The molecule has 1 amide bonds. The van der Waals surface area contributed by atoms with Gasteiger partial charge < -0.3 is 14.4 Å². The number of ether oxygens (including phenoxy) is 2. The maximum Gasteiger partial charge on any atom is 0.410 e. The highest BCUT2D eigenvalue weighted by molar-refractivity contribution is 5.68. The molecule has 2 heterocycles. The van der Waals surface area contributed by atoms with E-state index in [0.717, 1.165) is 5.56 Å². The number of aromatic nitrogens is 1. The van der Waals surface area contributed by atoms with E-state index in [4.69, 9.17) is 9.47 Å². The molecule has 1 aliphatic rings.